The van der Waals surface area contributed by atoms with Crippen LogP contribution < -0.4 is 10.6 Å². The third kappa shape index (κ3) is 2.35. The monoisotopic (exact) mass is 288 g/mol. The SMILES string of the molecule is CC1CCC(C(N)=O)CN1c1nc2ccccn2c1CO. The highest BCUT2D eigenvalue weighted by Crippen LogP contribution is 2.30. The third-order valence-corrected chi connectivity index (χ3v) is 4.31. The van der Waals surface area contributed by atoms with Crippen molar-refractivity contribution in [3.8, 4) is 0 Å². The Morgan fingerprint density at radius 2 is 2.29 bits per heavy atom. The van der Waals surface area contributed by atoms with E-state index in [2.05, 4.69) is 16.8 Å². The molecule has 3 N–H and O–H groups in total. The van der Waals surface area contributed by atoms with E-state index in [1.54, 1.807) is 0 Å². The normalized spacial score (nSPS) is 22.7. The molecule has 0 aromatic carbocycles. The van der Waals surface area contributed by atoms with E-state index in [1.165, 1.54) is 0 Å². The summed E-state index contributed by atoms with van der Waals surface area (Å²) in [5.41, 5.74) is 7.01. The van der Waals surface area contributed by atoms with Crippen molar-refractivity contribution >= 4 is 17.4 Å². The highest BCUT2D eigenvalue weighted by Gasteiger charge is 2.31. The Kier molecular flexibility index (Phi) is 3.55. The summed E-state index contributed by atoms with van der Waals surface area (Å²) in [5, 5.41) is 9.72. The molecule has 2 aromatic rings. The number of hydrogen-bond acceptors (Lipinski definition) is 4. The fourth-order valence-corrected chi connectivity index (χ4v) is 3.05. The van der Waals surface area contributed by atoms with Crippen molar-refractivity contribution in [3.05, 3.63) is 30.1 Å². The molecule has 6 heteroatoms. The number of aliphatic hydroxyl groups is 1. The van der Waals surface area contributed by atoms with Gasteiger partial charge in [0.05, 0.1) is 18.2 Å². The van der Waals surface area contributed by atoms with Gasteiger partial charge < -0.3 is 15.7 Å². The molecule has 3 heterocycles. The Balaban J connectivity index is 2.03. The first kappa shape index (κ1) is 13.9. The van der Waals surface area contributed by atoms with Crippen LogP contribution in [0.15, 0.2) is 24.4 Å². The second-order valence-corrected chi connectivity index (χ2v) is 5.65. The smallest absolute Gasteiger partial charge is 0.222 e. The van der Waals surface area contributed by atoms with Crippen LogP contribution in [0.5, 0.6) is 0 Å². The maximum absolute atomic E-state index is 11.5. The van der Waals surface area contributed by atoms with E-state index >= 15 is 0 Å². The van der Waals surface area contributed by atoms with Gasteiger partial charge in [-0.05, 0) is 31.9 Å². The first-order valence-electron chi connectivity index (χ1n) is 7.24. The quantitative estimate of drug-likeness (QED) is 0.879. The van der Waals surface area contributed by atoms with E-state index in [0.717, 1.165) is 30.0 Å². The minimum absolute atomic E-state index is 0.0923. The number of hydrogen-bond donors (Lipinski definition) is 2. The molecule has 0 saturated carbocycles. The second kappa shape index (κ2) is 5.37. The predicted octanol–water partition coefficient (Wildman–Crippen LogP) is 0.917. The van der Waals surface area contributed by atoms with Gasteiger partial charge in [0.1, 0.15) is 5.65 Å². The van der Waals surface area contributed by atoms with Crippen LogP contribution in [-0.2, 0) is 11.4 Å². The zero-order valence-electron chi connectivity index (χ0n) is 12.1. The lowest BCUT2D eigenvalue weighted by Gasteiger charge is -2.37. The number of anilines is 1. The molecular weight excluding hydrogens is 268 g/mol. The Morgan fingerprint density at radius 3 is 3.00 bits per heavy atom. The van der Waals surface area contributed by atoms with Crippen molar-refractivity contribution < 1.29 is 9.90 Å². The van der Waals surface area contributed by atoms with Gasteiger partial charge in [-0.15, -0.1) is 0 Å². The molecule has 1 aliphatic heterocycles. The van der Waals surface area contributed by atoms with Gasteiger partial charge in [0.25, 0.3) is 0 Å². The number of aliphatic hydroxyl groups excluding tert-OH is 1. The largest absolute Gasteiger partial charge is 0.390 e. The Morgan fingerprint density at radius 1 is 1.48 bits per heavy atom. The highest BCUT2D eigenvalue weighted by molar-refractivity contribution is 5.77. The molecule has 112 valence electrons. The summed E-state index contributed by atoms with van der Waals surface area (Å²) >= 11 is 0. The van der Waals surface area contributed by atoms with Gasteiger partial charge in [-0.25, -0.2) is 4.98 Å². The van der Waals surface area contributed by atoms with Gasteiger partial charge in [-0.3, -0.25) is 9.20 Å². The first-order chi connectivity index (χ1) is 10.1. The number of carbonyl (C=O) groups excluding carboxylic acids is 1. The van der Waals surface area contributed by atoms with Crippen LogP contribution in [0, 0.1) is 5.92 Å². The average molecular weight is 288 g/mol. The fourth-order valence-electron chi connectivity index (χ4n) is 3.05. The van der Waals surface area contributed by atoms with Crippen LogP contribution >= 0.6 is 0 Å². The number of nitrogens with two attached hydrogens (primary N) is 1. The minimum atomic E-state index is -0.263. The molecule has 3 rings (SSSR count). The maximum atomic E-state index is 11.5. The lowest BCUT2D eigenvalue weighted by Crippen LogP contribution is -2.46. The van der Waals surface area contributed by atoms with Crippen molar-refractivity contribution in [1.82, 2.24) is 9.38 Å². The number of primary amides is 1. The average Bonchev–Trinajstić information content (AvgIpc) is 2.85. The Bertz CT molecular complexity index is 667. The van der Waals surface area contributed by atoms with Gasteiger partial charge in [-0.2, -0.15) is 0 Å². The molecule has 1 fully saturated rings. The summed E-state index contributed by atoms with van der Waals surface area (Å²) in [6.45, 7) is 2.58. The van der Waals surface area contributed by atoms with E-state index in [1.807, 2.05) is 28.8 Å². The van der Waals surface area contributed by atoms with Gasteiger partial charge in [0.2, 0.25) is 5.91 Å². The van der Waals surface area contributed by atoms with Crippen LogP contribution in [0.1, 0.15) is 25.5 Å². The molecule has 0 aliphatic carbocycles. The molecule has 2 unspecified atom stereocenters. The molecule has 2 aromatic heterocycles. The maximum Gasteiger partial charge on any atom is 0.222 e. The van der Waals surface area contributed by atoms with E-state index in [9.17, 15) is 9.90 Å². The number of carbonyl (C=O) groups is 1. The number of fused-ring (bicyclic) bond motifs is 1. The molecule has 6 nitrogen and oxygen atoms in total. The van der Waals surface area contributed by atoms with Crippen LogP contribution in [-0.4, -0.2) is 33.0 Å². The van der Waals surface area contributed by atoms with Crippen LogP contribution in [0.2, 0.25) is 0 Å². The summed E-state index contributed by atoms with van der Waals surface area (Å²) < 4.78 is 1.88. The van der Waals surface area contributed by atoms with E-state index < -0.39 is 0 Å². The number of piperidine rings is 1. The molecule has 0 radical (unpaired) electrons. The van der Waals surface area contributed by atoms with E-state index in [4.69, 9.17) is 5.73 Å². The van der Waals surface area contributed by atoms with Gasteiger partial charge in [0, 0.05) is 18.8 Å². The number of imidazole rings is 1. The molecule has 2 atom stereocenters. The Labute approximate surface area is 123 Å². The van der Waals surface area contributed by atoms with Crippen molar-refractivity contribution in [2.75, 3.05) is 11.4 Å². The van der Waals surface area contributed by atoms with Crippen LogP contribution in [0.4, 0.5) is 5.82 Å². The van der Waals surface area contributed by atoms with Crippen molar-refractivity contribution in [2.45, 2.75) is 32.4 Å². The molecule has 1 amide bonds. The predicted molar refractivity (Wildman–Crippen MR) is 79.8 cm³/mol. The Hall–Kier alpha value is -2.08. The summed E-state index contributed by atoms with van der Waals surface area (Å²) in [6, 6.07) is 6.00. The van der Waals surface area contributed by atoms with Gasteiger partial charge in [0.15, 0.2) is 5.82 Å². The number of rotatable bonds is 3. The van der Waals surface area contributed by atoms with Gasteiger partial charge >= 0.3 is 0 Å². The van der Waals surface area contributed by atoms with Gasteiger partial charge in [-0.1, -0.05) is 6.07 Å². The number of aromatic nitrogens is 2. The van der Waals surface area contributed by atoms with Crippen molar-refractivity contribution in [3.63, 3.8) is 0 Å². The van der Waals surface area contributed by atoms with E-state index in [0.29, 0.717) is 6.54 Å². The first-order valence-corrected chi connectivity index (χ1v) is 7.24. The summed E-state index contributed by atoms with van der Waals surface area (Å²) in [4.78, 5) is 18.2. The zero-order chi connectivity index (χ0) is 15.0. The zero-order valence-corrected chi connectivity index (χ0v) is 12.1. The fraction of sp³-hybridized carbons (Fsp3) is 0.467. The number of nitrogens with zero attached hydrogens (tertiary/aromatic N) is 3. The topological polar surface area (TPSA) is 83.9 Å². The van der Waals surface area contributed by atoms with Crippen molar-refractivity contribution in [2.24, 2.45) is 11.7 Å². The standard InChI is InChI=1S/C15H20N4O2/c1-10-5-6-11(14(16)21)8-19(10)15-12(9-20)18-7-3-2-4-13(18)17-15/h2-4,7,10-11,20H,5-6,8-9H2,1H3,(H2,16,21). The number of amides is 1. The molecule has 0 bridgehead atoms. The number of pyridine rings is 1. The lowest BCUT2D eigenvalue weighted by molar-refractivity contribution is -0.122. The molecule has 1 saturated heterocycles. The minimum Gasteiger partial charge on any atom is -0.390 e. The lowest BCUT2D eigenvalue weighted by atomic mass is 9.93. The summed E-state index contributed by atoms with van der Waals surface area (Å²) in [5.74, 6) is 0.334. The highest BCUT2D eigenvalue weighted by atomic mass is 16.3. The van der Waals surface area contributed by atoms with Crippen molar-refractivity contribution in [1.29, 1.82) is 0 Å². The van der Waals surface area contributed by atoms with Crippen LogP contribution in [0.25, 0.3) is 5.65 Å². The third-order valence-electron chi connectivity index (χ3n) is 4.31. The summed E-state index contributed by atoms with van der Waals surface area (Å²) in [7, 11) is 0. The van der Waals surface area contributed by atoms with E-state index in [-0.39, 0.29) is 24.5 Å². The summed E-state index contributed by atoms with van der Waals surface area (Å²) in [6.07, 6.45) is 3.60. The molecule has 1 aliphatic rings. The van der Waals surface area contributed by atoms with Crippen LogP contribution in [0.3, 0.4) is 0 Å². The second-order valence-electron chi connectivity index (χ2n) is 5.65. The molecule has 0 spiro atoms. The molecule has 21 heavy (non-hydrogen) atoms. The molecular formula is C15H20N4O2.